The predicted octanol–water partition coefficient (Wildman–Crippen LogP) is 3.59. The van der Waals surface area contributed by atoms with E-state index in [2.05, 4.69) is 26.2 Å². The number of H-pyrrole nitrogens is 1. The largest absolute Gasteiger partial charge is 0.346 e. The van der Waals surface area contributed by atoms with Crippen molar-refractivity contribution >= 4 is 17.2 Å². The standard InChI is InChI=1S/C17H20N6/c18-7-5-15(12-3-1-2-4-12)23-10-13(9-22-23)16-14-6-8-19-17(14)21-11-20-16/h6-12,15,18H,1-5H2,(H,19,20,21). The summed E-state index contributed by atoms with van der Waals surface area (Å²) in [6.07, 6.45) is 14.7. The molecular formula is C17H20N6. The van der Waals surface area contributed by atoms with E-state index >= 15 is 0 Å². The first kappa shape index (κ1) is 14.1. The fourth-order valence-corrected chi connectivity index (χ4v) is 3.72. The Kier molecular flexibility index (Phi) is 3.65. The van der Waals surface area contributed by atoms with E-state index in [9.17, 15) is 0 Å². The van der Waals surface area contributed by atoms with Gasteiger partial charge in [0, 0.05) is 29.8 Å². The Morgan fingerprint density at radius 1 is 1.35 bits per heavy atom. The van der Waals surface area contributed by atoms with Crippen LogP contribution in [0.25, 0.3) is 22.3 Å². The maximum atomic E-state index is 7.51. The summed E-state index contributed by atoms with van der Waals surface area (Å²) >= 11 is 0. The average Bonchev–Trinajstić information content (AvgIpc) is 3.32. The third kappa shape index (κ3) is 2.54. The topological polar surface area (TPSA) is 83.2 Å². The summed E-state index contributed by atoms with van der Waals surface area (Å²) in [5.74, 6) is 0.627. The summed E-state index contributed by atoms with van der Waals surface area (Å²) in [6, 6.07) is 2.28. The van der Waals surface area contributed by atoms with Crippen molar-refractivity contribution in [1.82, 2.24) is 24.7 Å². The van der Waals surface area contributed by atoms with Gasteiger partial charge in [0.1, 0.15) is 12.0 Å². The van der Waals surface area contributed by atoms with Crippen LogP contribution in [0.5, 0.6) is 0 Å². The smallest absolute Gasteiger partial charge is 0.141 e. The van der Waals surface area contributed by atoms with Gasteiger partial charge in [-0.15, -0.1) is 0 Å². The van der Waals surface area contributed by atoms with Crippen LogP contribution < -0.4 is 0 Å². The Morgan fingerprint density at radius 3 is 3.04 bits per heavy atom. The van der Waals surface area contributed by atoms with Gasteiger partial charge in [0.05, 0.1) is 17.9 Å². The minimum absolute atomic E-state index is 0.285. The third-order valence-corrected chi connectivity index (χ3v) is 4.87. The zero-order valence-electron chi connectivity index (χ0n) is 12.9. The summed E-state index contributed by atoms with van der Waals surface area (Å²) in [5.41, 5.74) is 2.75. The zero-order chi connectivity index (χ0) is 15.6. The Morgan fingerprint density at radius 2 is 2.22 bits per heavy atom. The van der Waals surface area contributed by atoms with Gasteiger partial charge >= 0.3 is 0 Å². The van der Waals surface area contributed by atoms with Gasteiger partial charge in [-0.1, -0.05) is 12.8 Å². The lowest BCUT2D eigenvalue weighted by molar-refractivity contribution is 0.320. The molecule has 1 aliphatic carbocycles. The van der Waals surface area contributed by atoms with Crippen molar-refractivity contribution < 1.29 is 0 Å². The van der Waals surface area contributed by atoms with Crippen LogP contribution in [0.15, 0.2) is 31.0 Å². The normalized spacial score (nSPS) is 16.9. The summed E-state index contributed by atoms with van der Waals surface area (Å²) in [7, 11) is 0. The van der Waals surface area contributed by atoms with E-state index in [1.165, 1.54) is 31.9 Å². The van der Waals surface area contributed by atoms with Crippen molar-refractivity contribution in [3.8, 4) is 11.3 Å². The molecule has 3 aromatic rings. The highest BCUT2D eigenvalue weighted by Gasteiger charge is 2.26. The summed E-state index contributed by atoms with van der Waals surface area (Å²) in [5, 5.41) is 13.1. The Labute approximate surface area is 134 Å². The zero-order valence-corrected chi connectivity index (χ0v) is 12.9. The Balaban J connectivity index is 1.70. The molecule has 1 aliphatic rings. The molecule has 0 saturated heterocycles. The number of aromatic amines is 1. The molecule has 1 saturated carbocycles. The SMILES string of the molecule is N=CCC(C1CCCC1)n1cc(-c2ncnc3[nH]ccc23)cn1. The molecule has 2 N–H and O–H groups in total. The second-order valence-corrected chi connectivity index (χ2v) is 6.22. The molecule has 6 heteroatoms. The number of hydrogen-bond donors (Lipinski definition) is 2. The van der Waals surface area contributed by atoms with E-state index < -0.39 is 0 Å². The lowest BCUT2D eigenvalue weighted by atomic mass is 9.96. The fraction of sp³-hybridized carbons (Fsp3) is 0.412. The van der Waals surface area contributed by atoms with Gasteiger partial charge in [0.15, 0.2) is 0 Å². The third-order valence-electron chi connectivity index (χ3n) is 4.87. The van der Waals surface area contributed by atoms with Crippen LogP contribution in [0.2, 0.25) is 0 Å². The quantitative estimate of drug-likeness (QED) is 0.706. The van der Waals surface area contributed by atoms with E-state index in [1.54, 1.807) is 6.33 Å². The molecule has 6 nitrogen and oxygen atoms in total. The molecule has 0 aliphatic heterocycles. The lowest BCUT2D eigenvalue weighted by Gasteiger charge is -2.22. The van der Waals surface area contributed by atoms with Crippen molar-refractivity contribution in [2.75, 3.05) is 0 Å². The molecule has 4 rings (SSSR count). The molecule has 3 aromatic heterocycles. The van der Waals surface area contributed by atoms with Crippen LogP contribution >= 0.6 is 0 Å². The van der Waals surface area contributed by atoms with Crippen LogP contribution in [0.1, 0.15) is 38.1 Å². The van der Waals surface area contributed by atoms with Crippen LogP contribution in [-0.4, -0.2) is 30.9 Å². The molecular weight excluding hydrogens is 288 g/mol. The summed E-state index contributed by atoms with van der Waals surface area (Å²) in [6.45, 7) is 0. The molecule has 3 heterocycles. The number of nitrogens with zero attached hydrogens (tertiary/aromatic N) is 4. The monoisotopic (exact) mass is 308 g/mol. The van der Waals surface area contributed by atoms with Crippen LogP contribution in [0.4, 0.5) is 0 Å². The summed E-state index contributed by atoms with van der Waals surface area (Å²) < 4.78 is 2.04. The lowest BCUT2D eigenvalue weighted by Crippen LogP contribution is -2.18. The second-order valence-electron chi connectivity index (χ2n) is 6.22. The average molecular weight is 308 g/mol. The first-order valence-corrected chi connectivity index (χ1v) is 8.18. The van der Waals surface area contributed by atoms with Crippen LogP contribution in [-0.2, 0) is 0 Å². The molecule has 0 aromatic carbocycles. The van der Waals surface area contributed by atoms with Crippen molar-refractivity contribution in [1.29, 1.82) is 5.41 Å². The van der Waals surface area contributed by atoms with E-state index in [-0.39, 0.29) is 6.04 Å². The van der Waals surface area contributed by atoms with Gasteiger partial charge < -0.3 is 10.4 Å². The van der Waals surface area contributed by atoms with Gasteiger partial charge in [-0.3, -0.25) is 4.68 Å². The van der Waals surface area contributed by atoms with Crippen LogP contribution in [0, 0.1) is 11.3 Å². The maximum absolute atomic E-state index is 7.51. The van der Waals surface area contributed by atoms with Crippen LogP contribution in [0.3, 0.4) is 0 Å². The molecule has 118 valence electrons. The molecule has 0 bridgehead atoms. The maximum Gasteiger partial charge on any atom is 0.141 e. The minimum atomic E-state index is 0.285. The van der Waals surface area contributed by atoms with Gasteiger partial charge in [-0.05, 0) is 31.0 Å². The number of nitrogens with one attached hydrogen (secondary N) is 2. The molecule has 23 heavy (non-hydrogen) atoms. The molecule has 1 atom stereocenters. The minimum Gasteiger partial charge on any atom is -0.346 e. The van der Waals surface area contributed by atoms with E-state index in [4.69, 9.17) is 5.41 Å². The van der Waals surface area contributed by atoms with Gasteiger partial charge in [-0.25, -0.2) is 9.97 Å². The highest BCUT2D eigenvalue weighted by molar-refractivity contribution is 5.89. The number of hydrogen-bond acceptors (Lipinski definition) is 4. The first-order chi connectivity index (χ1) is 11.4. The fourth-order valence-electron chi connectivity index (χ4n) is 3.72. The van der Waals surface area contributed by atoms with Crippen molar-refractivity contribution in [3.63, 3.8) is 0 Å². The molecule has 1 fully saturated rings. The predicted molar refractivity (Wildman–Crippen MR) is 89.5 cm³/mol. The molecule has 1 unspecified atom stereocenters. The van der Waals surface area contributed by atoms with E-state index in [0.29, 0.717) is 5.92 Å². The van der Waals surface area contributed by atoms with Gasteiger partial charge in [-0.2, -0.15) is 5.10 Å². The van der Waals surface area contributed by atoms with Crippen molar-refractivity contribution in [2.45, 2.75) is 38.1 Å². The molecule has 0 spiro atoms. The highest BCUT2D eigenvalue weighted by atomic mass is 15.3. The van der Waals surface area contributed by atoms with Crippen molar-refractivity contribution in [3.05, 3.63) is 31.0 Å². The van der Waals surface area contributed by atoms with Crippen molar-refractivity contribution in [2.24, 2.45) is 5.92 Å². The molecule has 0 radical (unpaired) electrons. The first-order valence-electron chi connectivity index (χ1n) is 8.18. The second kappa shape index (κ2) is 5.95. The number of fused-ring (bicyclic) bond motifs is 1. The summed E-state index contributed by atoms with van der Waals surface area (Å²) in [4.78, 5) is 11.8. The Bertz CT molecular complexity index is 811. The van der Waals surface area contributed by atoms with Gasteiger partial charge in [0.25, 0.3) is 0 Å². The van der Waals surface area contributed by atoms with E-state index in [1.807, 2.05) is 23.1 Å². The molecule has 0 amide bonds. The Hall–Kier alpha value is -2.50. The number of rotatable bonds is 5. The van der Waals surface area contributed by atoms with E-state index in [0.717, 1.165) is 28.7 Å². The number of aromatic nitrogens is 5. The highest BCUT2D eigenvalue weighted by Crippen LogP contribution is 2.36. The van der Waals surface area contributed by atoms with Gasteiger partial charge in [0.2, 0.25) is 0 Å².